The van der Waals surface area contributed by atoms with Gasteiger partial charge in [0.05, 0.1) is 6.20 Å². The first-order valence-corrected chi connectivity index (χ1v) is 6.10. The molecule has 0 amide bonds. The molecule has 0 spiro atoms. The van der Waals surface area contributed by atoms with Gasteiger partial charge in [0.15, 0.2) is 0 Å². The zero-order valence-corrected chi connectivity index (χ0v) is 11.1. The largest absolute Gasteiger partial charge is 0.455 e. The van der Waals surface area contributed by atoms with Gasteiger partial charge in [-0.3, -0.25) is 4.98 Å². The lowest BCUT2D eigenvalue weighted by molar-refractivity contribution is 0.471. The van der Waals surface area contributed by atoms with Gasteiger partial charge in [-0.1, -0.05) is 22.0 Å². The highest BCUT2D eigenvalue weighted by molar-refractivity contribution is 9.10. The molecule has 0 radical (unpaired) electrons. The van der Waals surface area contributed by atoms with Gasteiger partial charge in [-0.05, 0) is 31.3 Å². The molecule has 0 saturated carbocycles. The van der Waals surface area contributed by atoms with Crippen LogP contribution < -0.4 is 10.1 Å². The van der Waals surface area contributed by atoms with Crippen molar-refractivity contribution in [3.05, 3.63) is 52.8 Å². The molecule has 4 heteroatoms. The van der Waals surface area contributed by atoms with E-state index < -0.39 is 0 Å². The number of rotatable bonds is 4. The summed E-state index contributed by atoms with van der Waals surface area (Å²) in [5.41, 5.74) is 1.09. The molecule has 0 atom stereocenters. The number of benzene rings is 1. The van der Waals surface area contributed by atoms with Gasteiger partial charge in [-0.2, -0.15) is 0 Å². The van der Waals surface area contributed by atoms with Crippen molar-refractivity contribution in [3.63, 3.8) is 0 Å². The Balaban J connectivity index is 2.23. The molecule has 1 N–H and O–H groups in total. The van der Waals surface area contributed by atoms with Gasteiger partial charge in [0.1, 0.15) is 11.5 Å². The van der Waals surface area contributed by atoms with Crippen molar-refractivity contribution in [2.75, 3.05) is 7.05 Å². The minimum absolute atomic E-state index is 0.756. The number of nitrogens with one attached hydrogen (secondary N) is 1. The van der Waals surface area contributed by atoms with Crippen LogP contribution in [-0.4, -0.2) is 12.0 Å². The summed E-state index contributed by atoms with van der Waals surface area (Å²) in [6.07, 6.45) is 3.49. The van der Waals surface area contributed by atoms with Crippen molar-refractivity contribution >= 4 is 15.9 Å². The fourth-order valence-corrected chi connectivity index (χ4v) is 1.87. The first kappa shape index (κ1) is 12.1. The van der Waals surface area contributed by atoms with E-state index in [0.29, 0.717) is 0 Å². The molecule has 1 aromatic carbocycles. The number of ether oxygens (including phenoxy) is 1. The van der Waals surface area contributed by atoms with Crippen molar-refractivity contribution in [1.82, 2.24) is 10.3 Å². The molecule has 0 aliphatic rings. The summed E-state index contributed by atoms with van der Waals surface area (Å²) in [5, 5.41) is 3.10. The topological polar surface area (TPSA) is 34.2 Å². The zero-order valence-electron chi connectivity index (χ0n) is 9.48. The molecule has 1 heterocycles. The molecule has 17 heavy (non-hydrogen) atoms. The van der Waals surface area contributed by atoms with Crippen LogP contribution in [0.25, 0.3) is 0 Å². The van der Waals surface area contributed by atoms with E-state index in [1.54, 1.807) is 12.4 Å². The number of pyridine rings is 1. The van der Waals surface area contributed by atoms with Gasteiger partial charge in [0.25, 0.3) is 0 Å². The fraction of sp³-hybridized carbons (Fsp3) is 0.154. The van der Waals surface area contributed by atoms with E-state index in [4.69, 9.17) is 4.74 Å². The lowest BCUT2D eigenvalue weighted by Crippen LogP contribution is -2.06. The third-order valence-electron chi connectivity index (χ3n) is 2.26. The lowest BCUT2D eigenvalue weighted by atomic mass is 10.2. The summed E-state index contributed by atoms with van der Waals surface area (Å²) in [5.74, 6) is 1.57. The Morgan fingerprint density at radius 2 is 2.24 bits per heavy atom. The fourth-order valence-electron chi connectivity index (χ4n) is 1.49. The Hall–Kier alpha value is -1.39. The maximum Gasteiger partial charge on any atom is 0.150 e. The first-order chi connectivity index (χ1) is 8.29. The molecule has 88 valence electrons. The third kappa shape index (κ3) is 3.28. The zero-order chi connectivity index (χ0) is 12.1. The molecule has 2 aromatic rings. The Labute approximate surface area is 109 Å². The van der Waals surface area contributed by atoms with E-state index in [-0.39, 0.29) is 0 Å². The maximum atomic E-state index is 5.81. The van der Waals surface area contributed by atoms with Crippen molar-refractivity contribution in [2.45, 2.75) is 6.54 Å². The summed E-state index contributed by atoms with van der Waals surface area (Å²) in [7, 11) is 1.91. The average Bonchev–Trinajstić information content (AvgIpc) is 2.32. The Morgan fingerprint density at radius 1 is 1.35 bits per heavy atom. The van der Waals surface area contributed by atoms with Gasteiger partial charge in [0.2, 0.25) is 0 Å². The van der Waals surface area contributed by atoms with Gasteiger partial charge >= 0.3 is 0 Å². The molecule has 3 nitrogen and oxygen atoms in total. The van der Waals surface area contributed by atoms with Crippen LogP contribution in [0.5, 0.6) is 11.5 Å². The average molecular weight is 293 g/mol. The second kappa shape index (κ2) is 5.80. The minimum Gasteiger partial charge on any atom is -0.455 e. The quantitative estimate of drug-likeness (QED) is 0.938. The van der Waals surface area contributed by atoms with Crippen LogP contribution in [0, 0.1) is 0 Å². The third-order valence-corrected chi connectivity index (χ3v) is 2.75. The van der Waals surface area contributed by atoms with Crippen LogP contribution in [0.2, 0.25) is 0 Å². The first-order valence-electron chi connectivity index (χ1n) is 5.30. The normalized spacial score (nSPS) is 10.2. The van der Waals surface area contributed by atoms with Crippen molar-refractivity contribution < 1.29 is 4.74 Å². The highest BCUT2D eigenvalue weighted by Crippen LogP contribution is 2.26. The molecular formula is C13H13BrN2O. The van der Waals surface area contributed by atoms with E-state index in [1.807, 2.05) is 37.4 Å². The van der Waals surface area contributed by atoms with Gasteiger partial charge in [0, 0.05) is 22.8 Å². The predicted molar refractivity (Wildman–Crippen MR) is 71.2 cm³/mol. The summed E-state index contributed by atoms with van der Waals surface area (Å²) in [4.78, 5) is 4.08. The van der Waals surface area contributed by atoms with E-state index in [1.165, 1.54) is 0 Å². The van der Waals surface area contributed by atoms with Crippen LogP contribution in [0.15, 0.2) is 47.2 Å². The Morgan fingerprint density at radius 3 is 3.00 bits per heavy atom. The van der Waals surface area contributed by atoms with Crippen LogP contribution in [0.3, 0.4) is 0 Å². The number of nitrogens with zero attached hydrogens (tertiary/aromatic N) is 1. The molecular weight excluding hydrogens is 280 g/mol. The monoisotopic (exact) mass is 292 g/mol. The van der Waals surface area contributed by atoms with E-state index >= 15 is 0 Å². The number of halogens is 1. The van der Waals surface area contributed by atoms with Crippen LogP contribution in [0.4, 0.5) is 0 Å². The molecule has 2 rings (SSSR count). The Bertz CT molecular complexity index is 502. The molecule has 0 aliphatic heterocycles. The second-order valence-corrected chi connectivity index (χ2v) is 4.49. The van der Waals surface area contributed by atoms with Crippen molar-refractivity contribution in [1.29, 1.82) is 0 Å². The summed E-state index contributed by atoms with van der Waals surface area (Å²) >= 11 is 3.42. The molecule has 0 bridgehead atoms. The van der Waals surface area contributed by atoms with Gasteiger partial charge < -0.3 is 10.1 Å². The van der Waals surface area contributed by atoms with Crippen molar-refractivity contribution in [3.8, 4) is 11.5 Å². The highest BCUT2D eigenvalue weighted by Gasteiger charge is 2.04. The van der Waals surface area contributed by atoms with Crippen molar-refractivity contribution in [2.24, 2.45) is 0 Å². The second-order valence-electron chi connectivity index (χ2n) is 3.57. The minimum atomic E-state index is 0.756. The van der Waals surface area contributed by atoms with E-state index in [9.17, 15) is 0 Å². The van der Waals surface area contributed by atoms with Crippen LogP contribution >= 0.6 is 15.9 Å². The maximum absolute atomic E-state index is 5.81. The number of hydrogen-bond donors (Lipinski definition) is 1. The van der Waals surface area contributed by atoms with E-state index in [2.05, 4.69) is 26.2 Å². The number of aromatic nitrogens is 1. The number of hydrogen-bond acceptors (Lipinski definition) is 3. The standard InChI is InChI=1S/C13H13BrN2O/c1-15-8-10-5-6-16-9-13(10)17-12-4-2-3-11(14)7-12/h2-7,9,15H,8H2,1H3. The predicted octanol–water partition coefficient (Wildman–Crippen LogP) is 3.36. The lowest BCUT2D eigenvalue weighted by Gasteiger charge is -2.10. The van der Waals surface area contributed by atoms with Gasteiger partial charge in [-0.15, -0.1) is 0 Å². The summed E-state index contributed by atoms with van der Waals surface area (Å²) in [6.45, 7) is 0.756. The molecule has 1 aromatic heterocycles. The van der Waals surface area contributed by atoms with Crippen LogP contribution in [-0.2, 0) is 6.54 Å². The van der Waals surface area contributed by atoms with Crippen LogP contribution in [0.1, 0.15) is 5.56 Å². The highest BCUT2D eigenvalue weighted by atomic mass is 79.9. The SMILES string of the molecule is CNCc1ccncc1Oc1cccc(Br)c1. The molecule has 0 saturated heterocycles. The summed E-state index contributed by atoms with van der Waals surface area (Å²) in [6, 6.07) is 9.69. The molecule has 0 unspecified atom stereocenters. The van der Waals surface area contributed by atoms with E-state index in [0.717, 1.165) is 28.1 Å². The Kier molecular flexibility index (Phi) is 4.12. The smallest absolute Gasteiger partial charge is 0.150 e. The molecule has 0 fully saturated rings. The molecule has 0 aliphatic carbocycles. The summed E-state index contributed by atoms with van der Waals surface area (Å²) < 4.78 is 6.80. The van der Waals surface area contributed by atoms with Gasteiger partial charge in [-0.25, -0.2) is 0 Å².